The van der Waals surface area contributed by atoms with Gasteiger partial charge in [0.05, 0.1) is 12.1 Å². The van der Waals surface area contributed by atoms with E-state index >= 15 is 0 Å². The van der Waals surface area contributed by atoms with Gasteiger partial charge in [0, 0.05) is 24.1 Å². The number of rotatable bonds is 4. The molecule has 0 unspecified atom stereocenters. The highest BCUT2D eigenvalue weighted by molar-refractivity contribution is 8.14. The second-order valence-electron chi connectivity index (χ2n) is 5.09. The van der Waals surface area contributed by atoms with Crippen LogP contribution in [-0.4, -0.2) is 24.6 Å². The number of halogens is 1. The summed E-state index contributed by atoms with van der Waals surface area (Å²) < 4.78 is 5.22. The first kappa shape index (κ1) is 15.5. The Hall–Kier alpha value is -0.870. The molecule has 3 nitrogen and oxygen atoms in total. The second-order valence-corrected chi connectivity index (χ2v) is 6.46. The molecule has 0 aliphatic carbocycles. The van der Waals surface area contributed by atoms with Crippen molar-refractivity contribution in [1.29, 1.82) is 0 Å². The van der Waals surface area contributed by atoms with Gasteiger partial charge in [0.25, 0.3) is 0 Å². The molecule has 0 spiro atoms. The highest BCUT2D eigenvalue weighted by Gasteiger charge is 2.30. The quantitative estimate of drug-likeness (QED) is 0.877. The van der Waals surface area contributed by atoms with E-state index in [1.807, 2.05) is 18.2 Å². The monoisotopic (exact) mass is 312 g/mol. The van der Waals surface area contributed by atoms with Gasteiger partial charge in [0.15, 0.2) is 5.17 Å². The van der Waals surface area contributed by atoms with E-state index in [1.54, 1.807) is 18.9 Å². The van der Waals surface area contributed by atoms with E-state index in [1.165, 1.54) is 12.8 Å². The Morgan fingerprint density at radius 1 is 1.40 bits per heavy atom. The van der Waals surface area contributed by atoms with Crippen LogP contribution in [0.25, 0.3) is 0 Å². The van der Waals surface area contributed by atoms with E-state index in [-0.39, 0.29) is 0 Å². The predicted molar refractivity (Wildman–Crippen MR) is 89.4 cm³/mol. The van der Waals surface area contributed by atoms with Crippen molar-refractivity contribution in [3.63, 3.8) is 0 Å². The van der Waals surface area contributed by atoms with Crippen molar-refractivity contribution in [2.75, 3.05) is 24.7 Å². The molecular weight excluding hydrogens is 292 g/mol. The number of nitrogens with one attached hydrogen (secondary N) is 1. The van der Waals surface area contributed by atoms with Crippen LogP contribution in [0.2, 0.25) is 5.02 Å². The molecule has 1 heterocycles. The number of nitrogens with zero attached hydrogens (tertiary/aromatic N) is 1. The Morgan fingerprint density at radius 3 is 2.70 bits per heavy atom. The molecule has 0 amide bonds. The third kappa shape index (κ3) is 3.41. The van der Waals surface area contributed by atoms with Crippen LogP contribution in [0.3, 0.4) is 0 Å². The summed E-state index contributed by atoms with van der Waals surface area (Å²) in [5.41, 5.74) is 1.33. The van der Waals surface area contributed by atoms with Crippen LogP contribution in [-0.2, 0) is 0 Å². The Labute approximate surface area is 130 Å². The number of hydrogen-bond donors (Lipinski definition) is 1. The van der Waals surface area contributed by atoms with Crippen molar-refractivity contribution >= 4 is 34.2 Å². The Kier molecular flexibility index (Phi) is 5.22. The zero-order chi connectivity index (χ0) is 14.6. The average Bonchev–Trinajstić information content (AvgIpc) is 2.50. The van der Waals surface area contributed by atoms with Gasteiger partial charge >= 0.3 is 0 Å². The first-order valence-corrected chi connectivity index (χ1v) is 8.26. The number of ether oxygens (including phenoxy) is 1. The van der Waals surface area contributed by atoms with Gasteiger partial charge < -0.3 is 10.1 Å². The maximum Gasteiger partial charge on any atom is 0.161 e. The first-order valence-electron chi connectivity index (χ1n) is 6.90. The van der Waals surface area contributed by atoms with Crippen LogP contribution in [0.5, 0.6) is 5.75 Å². The number of hydrogen-bond acceptors (Lipinski definition) is 4. The lowest BCUT2D eigenvalue weighted by molar-refractivity contribution is 0.318. The molecule has 0 fully saturated rings. The zero-order valence-corrected chi connectivity index (χ0v) is 13.8. The number of aliphatic imine (C=N–C) groups is 1. The lowest BCUT2D eigenvalue weighted by atomic mass is 9.84. The van der Waals surface area contributed by atoms with Gasteiger partial charge in [-0.05, 0) is 30.4 Å². The van der Waals surface area contributed by atoms with Crippen molar-refractivity contribution in [1.82, 2.24) is 0 Å². The van der Waals surface area contributed by atoms with Gasteiger partial charge in [-0.1, -0.05) is 37.2 Å². The van der Waals surface area contributed by atoms with Crippen molar-refractivity contribution in [2.45, 2.75) is 26.7 Å². The largest absolute Gasteiger partial charge is 0.495 e. The summed E-state index contributed by atoms with van der Waals surface area (Å²) in [4.78, 5) is 4.69. The molecule has 1 aromatic rings. The first-order chi connectivity index (χ1) is 9.62. The minimum Gasteiger partial charge on any atom is -0.495 e. The smallest absolute Gasteiger partial charge is 0.161 e. The molecule has 5 heteroatoms. The summed E-state index contributed by atoms with van der Waals surface area (Å²) in [5.74, 6) is 1.80. The molecular formula is C15H21ClN2OS. The summed E-state index contributed by atoms with van der Waals surface area (Å²) in [6.07, 6.45) is 2.37. The summed E-state index contributed by atoms with van der Waals surface area (Å²) in [7, 11) is 1.62. The Balaban J connectivity index is 2.06. The van der Waals surface area contributed by atoms with E-state index in [9.17, 15) is 0 Å². The fourth-order valence-electron chi connectivity index (χ4n) is 2.17. The Morgan fingerprint density at radius 2 is 2.15 bits per heavy atom. The van der Waals surface area contributed by atoms with Crippen LogP contribution in [0.15, 0.2) is 23.2 Å². The number of thioether (sulfide) groups is 1. The topological polar surface area (TPSA) is 33.6 Å². The molecule has 20 heavy (non-hydrogen) atoms. The molecule has 2 rings (SSSR count). The van der Waals surface area contributed by atoms with Gasteiger partial charge in [-0.15, -0.1) is 0 Å². The standard InChI is InChI=1S/C15H21ClN2OS/c1-4-15(5-2)9-17-14(20-10-15)18-11-6-7-12(16)13(8-11)19-3/h6-8H,4-5,9-10H2,1-3H3,(H,17,18). The van der Waals surface area contributed by atoms with E-state index in [4.69, 9.17) is 21.3 Å². The van der Waals surface area contributed by atoms with E-state index in [2.05, 4.69) is 19.2 Å². The SMILES string of the molecule is CCC1(CC)CN=C(Nc2ccc(Cl)c(OC)c2)SC1. The molecule has 110 valence electrons. The lowest BCUT2D eigenvalue weighted by Crippen LogP contribution is -2.32. The van der Waals surface area contributed by atoms with Gasteiger partial charge in [-0.25, -0.2) is 0 Å². The van der Waals surface area contributed by atoms with E-state index < -0.39 is 0 Å². The number of amidine groups is 1. The molecule has 0 atom stereocenters. The molecule has 0 radical (unpaired) electrons. The third-order valence-corrected chi connectivity index (χ3v) is 5.55. The summed E-state index contributed by atoms with van der Waals surface area (Å²) in [5, 5.41) is 4.94. The molecule has 0 aromatic heterocycles. The third-order valence-electron chi connectivity index (χ3n) is 3.98. The van der Waals surface area contributed by atoms with Crippen LogP contribution < -0.4 is 10.1 Å². The molecule has 1 aromatic carbocycles. The summed E-state index contributed by atoms with van der Waals surface area (Å²) in [6.45, 7) is 5.41. The number of benzene rings is 1. The average molecular weight is 313 g/mol. The summed E-state index contributed by atoms with van der Waals surface area (Å²) in [6, 6.07) is 5.67. The van der Waals surface area contributed by atoms with E-state index in [0.29, 0.717) is 16.2 Å². The van der Waals surface area contributed by atoms with Gasteiger partial charge in [-0.3, -0.25) is 4.99 Å². The number of anilines is 1. The fraction of sp³-hybridized carbons (Fsp3) is 0.533. The van der Waals surface area contributed by atoms with Gasteiger partial charge in [0.1, 0.15) is 5.75 Å². The minimum absolute atomic E-state index is 0.369. The number of methoxy groups -OCH3 is 1. The Bertz CT molecular complexity index is 501. The van der Waals surface area contributed by atoms with Crippen LogP contribution in [0.4, 0.5) is 5.69 Å². The fourth-order valence-corrected chi connectivity index (χ4v) is 3.65. The van der Waals surface area contributed by atoms with Crippen molar-refractivity contribution < 1.29 is 4.74 Å². The van der Waals surface area contributed by atoms with Gasteiger partial charge in [-0.2, -0.15) is 0 Å². The maximum atomic E-state index is 6.03. The molecule has 0 saturated heterocycles. The van der Waals surface area contributed by atoms with Crippen LogP contribution >= 0.6 is 23.4 Å². The van der Waals surface area contributed by atoms with Crippen molar-refractivity contribution in [3.8, 4) is 5.75 Å². The van der Waals surface area contributed by atoms with E-state index in [0.717, 1.165) is 23.2 Å². The lowest BCUT2D eigenvalue weighted by Gasteiger charge is -2.33. The summed E-state index contributed by atoms with van der Waals surface area (Å²) >= 11 is 7.82. The van der Waals surface area contributed by atoms with Gasteiger partial charge in [0.2, 0.25) is 0 Å². The van der Waals surface area contributed by atoms with Crippen molar-refractivity contribution in [2.24, 2.45) is 10.4 Å². The maximum absolute atomic E-state index is 6.03. The molecule has 1 aliphatic heterocycles. The predicted octanol–water partition coefficient (Wildman–Crippen LogP) is 4.67. The zero-order valence-electron chi connectivity index (χ0n) is 12.2. The van der Waals surface area contributed by atoms with Crippen molar-refractivity contribution in [3.05, 3.63) is 23.2 Å². The molecule has 0 saturated carbocycles. The minimum atomic E-state index is 0.369. The highest BCUT2D eigenvalue weighted by atomic mass is 35.5. The molecule has 0 bridgehead atoms. The molecule has 1 N–H and O–H groups in total. The molecule has 1 aliphatic rings. The second kappa shape index (κ2) is 6.72. The highest BCUT2D eigenvalue weighted by Crippen LogP contribution is 2.36. The van der Waals surface area contributed by atoms with Crippen LogP contribution in [0.1, 0.15) is 26.7 Å². The normalized spacial score (nSPS) is 17.5. The van der Waals surface area contributed by atoms with Crippen LogP contribution in [0, 0.1) is 5.41 Å².